The van der Waals surface area contributed by atoms with Crippen molar-refractivity contribution < 1.29 is 4.79 Å². The number of carbonyl (C=O) groups excluding carboxylic acids is 1. The highest BCUT2D eigenvalue weighted by atomic mass is 16.2. The second kappa shape index (κ2) is 4.81. The van der Waals surface area contributed by atoms with E-state index in [0.717, 1.165) is 6.42 Å². The van der Waals surface area contributed by atoms with Gasteiger partial charge in [0.05, 0.1) is 0 Å². The maximum Gasteiger partial charge on any atom is 0.225 e. The molecular formula is C12H25NO. The standard InChI is InChI=1S/C12H25NO/c1-9(2)8-10(12(3,4)5)11(14)13(6)7/h9-10H,8H2,1-7H3. The molecule has 0 heterocycles. The van der Waals surface area contributed by atoms with Crippen LogP contribution in [0.1, 0.15) is 41.0 Å². The van der Waals surface area contributed by atoms with E-state index in [1.54, 1.807) is 4.90 Å². The average Bonchev–Trinajstić information content (AvgIpc) is 1.96. The van der Waals surface area contributed by atoms with Gasteiger partial charge in [0.1, 0.15) is 0 Å². The first kappa shape index (κ1) is 13.5. The molecule has 0 aliphatic carbocycles. The fourth-order valence-corrected chi connectivity index (χ4v) is 1.61. The smallest absolute Gasteiger partial charge is 0.225 e. The molecule has 14 heavy (non-hydrogen) atoms. The zero-order valence-corrected chi connectivity index (χ0v) is 10.7. The van der Waals surface area contributed by atoms with Crippen molar-refractivity contribution in [1.82, 2.24) is 4.90 Å². The van der Waals surface area contributed by atoms with Crippen LogP contribution in [0.2, 0.25) is 0 Å². The lowest BCUT2D eigenvalue weighted by molar-refractivity contribution is -0.137. The van der Waals surface area contributed by atoms with Crippen molar-refractivity contribution in [3.8, 4) is 0 Å². The molecule has 0 aliphatic rings. The Morgan fingerprint density at radius 2 is 1.64 bits per heavy atom. The molecule has 1 unspecified atom stereocenters. The molecule has 0 saturated heterocycles. The van der Waals surface area contributed by atoms with E-state index >= 15 is 0 Å². The van der Waals surface area contributed by atoms with Crippen molar-refractivity contribution in [2.75, 3.05) is 14.1 Å². The van der Waals surface area contributed by atoms with Crippen LogP contribution >= 0.6 is 0 Å². The van der Waals surface area contributed by atoms with Crippen LogP contribution in [0.25, 0.3) is 0 Å². The molecule has 0 aromatic carbocycles. The first-order chi connectivity index (χ1) is 6.16. The number of hydrogen-bond acceptors (Lipinski definition) is 1. The predicted molar refractivity (Wildman–Crippen MR) is 61.1 cm³/mol. The van der Waals surface area contributed by atoms with Crippen molar-refractivity contribution in [3.63, 3.8) is 0 Å². The quantitative estimate of drug-likeness (QED) is 0.684. The van der Waals surface area contributed by atoms with Gasteiger partial charge in [-0.05, 0) is 17.8 Å². The molecule has 0 aromatic heterocycles. The minimum Gasteiger partial charge on any atom is -0.349 e. The van der Waals surface area contributed by atoms with Crippen LogP contribution < -0.4 is 0 Å². The third kappa shape index (κ3) is 4.12. The van der Waals surface area contributed by atoms with Gasteiger partial charge >= 0.3 is 0 Å². The molecule has 1 atom stereocenters. The van der Waals surface area contributed by atoms with Crippen LogP contribution in [0.4, 0.5) is 0 Å². The summed E-state index contributed by atoms with van der Waals surface area (Å²) in [6, 6.07) is 0. The van der Waals surface area contributed by atoms with E-state index in [0.29, 0.717) is 5.92 Å². The molecule has 0 aliphatic heterocycles. The summed E-state index contributed by atoms with van der Waals surface area (Å²) in [5.41, 5.74) is 0.0611. The van der Waals surface area contributed by atoms with Gasteiger partial charge in [0, 0.05) is 20.0 Å². The molecule has 0 saturated carbocycles. The second-order valence-corrected chi connectivity index (χ2v) is 5.78. The van der Waals surface area contributed by atoms with Gasteiger partial charge < -0.3 is 4.90 Å². The maximum atomic E-state index is 12.0. The Balaban J connectivity index is 4.65. The van der Waals surface area contributed by atoms with Gasteiger partial charge in [0.15, 0.2) is 0 Å². The highest BCUT2D eigenvalue weighted by molar-refractivity contribution is 5.79. The zero-order valence-electron chi connectivity index (χ0n) is 10.7. The molecule has 2 nitrogen and oxygen atoms in total. The van der Waals surface area contributed by atoms with Crippen LogP contribution in [0.5, 0.6) is 0 Å². The van der Waals surface area contributed by atoms with Crippen molar-refractivity contribution in [2.45, 2.75) is 41.0 Å². The molecule has 2 heteroatoms. The van der Waals surface area contributed by atoms with Crippen LogP contribution in [0, 0.1) is 17.3 Å². The number of nitrogens with zero attached hydrogens (tertiary/aromatic N) is 1. The molecule has 1 amide bonds. The van der Waals surface area contributed by atoms with E-state index in [4.69, 9.17) is 0 Å². The molecule has 0 radical (unpaired) electrons. The minimum absolute atomic E-state index is 0.0611. The summed E-state index contributed by atoms with van der Waals surface area (Å²) in [4.78, 5) is 13.7. The average molecular weight is 199 g/mol. The van der Waals surface area contributed by atoms with Crippen molar-refractivity contribution >= 4 is 5.91 Å². The van der Waals surface area contributed by atoms with Gasteiger partial charge in [0.25, 0.3) is 0 Å². The Hall–Kier alpha value is -0.530. The molecule has 0 aromatic rings. The lowest BCUT2D eigenvalue weighted by atomic mass is 9.75. The second-order valence-electron chi connectivity index (χ2n) is 5.78. The molecule has 0 fully saturated rings. The molecular weight excluding hydrogens is 174 g/mol. The first-order valence-electron chi connectivity index (χ1n) is 5.37. The highest BCUT2D eigenvalue weighted by Crippen LogP contribution is 2.32. The van der Waals surface area contributed by atoms with Crippen LogP contribution in [-0.2, 0) is 4.79 Å². The largest absolute Gasteiger partial charge is 0.349 e. The molecule has 84 valence electrons. The summed E-state index contributed by atoms with van der Waals surface area (Å²) in [7, 11) is 3.67. The van der Waals surface area contributed by atoms with E-state index < -0.39 is 0 Å². The third-order valence-electron chi connectivity index (χ3n) is 2.49. The lowest BCUT2D eigenvalue weighted by Crippen LogP contribution is -2.38. The summed E-state index contributed by atoms with van der Waals surface area (Å²) in [5.74, 6) is 0.965. The van der Waals surface area contributed by atoms with Crippen molar-refractivity contribution in [2.24, 2.45) is 17.3 Å². The summed E-state index contributed by atoms with van der Waals surface area (Å²) < 4.78 is 0. The fourth-order valence-electron chi connectivity index (χ4n) is 1.61. The normalized spacial score (nSPS) is 14.3. The topological polar surface area (TPSA) is 20.3 Å². The van der Waals surface area contributed by atoms with Crippen LogP contribution in [0.3, 0.4) is 0 Å². The van der Waals surface area contributed by atoms with Gasteiger partial charge in [-0.1, -0.05) is 34.6 Å². The summed E-state index contributed by atoms with van der Waals surface area (Å²) in [6.07, 6.45) is 0.973. The van der Waals surface area contributed by atoms with Gasteiger partial charge in [-0.2, -0.15) is 0 Å². The van der Waals surface area contributed by atoms with E-state index in [9.17, 15) is 4.79 Å². The Bertz CT molecular complexity index is 189. The number of rotatable bonds is 3. The summed E-state index contributed by atoms with van der Waals surface area (Å²) in [6.45, 7) is 10.8. The van der Waals surface area contributed by atoms with Crippen molar-refractivity contribution in [1.29, 1.82) is 0 Å². The molecule has 0 bridgehead atoms. The van der Waals surface area contributed by atoms with E-state index in [2.05, 4.69) is 34.6 Å². The summed E-state index contributed by atoms with van der Waals surface area (Å²) >= 11 is 0. The van der Waals surface area contributed by atoms with Gasteiger partial charge in [-0.15, -0.1) is 0 Å². The molecule has 0 spiro atoms. The van der Waals surface area contributed by atoms with Crippen LogP contribution in [-0.4, -0.2) is 24.9 Å². The SMILES string of the molecule is CC(C)CC(C(=O)N(C)C)C(C)(C)C. The number of carbonyl (C=O) groups is 1. The van der Waals surface area contributed by atoms with Gasteiger partial charge in [0.2, 0.25) is 5.91 Å². The highest BCUT2D eigenvalue weighted by Gasteiger charge is 2.32. The zero-order chi connectivity index (χ0) is 11.5. The fraction of sp³-hybridized carbons (Fsp3) is 0.917. The van der Waals surface area contributed by atoms with Crippen molar-refractivity contribution in [3.05, 3.63) is 0 Å². The van der Waals surface area contributed by atoms with Gasteiger partial charge in [-0.25, -0.2) is 0 Å². The Labute approximate surface area is 88.7 Å². The lowest BCUT2D eigenvalue weighted by Gasteiger charge is -2.32. The van der Waals surface area contributed by atoms with E-state index in [-0.39, 0.29) is 17.2 Å². The Morgan fingerprint density at radius 1 is 1.21 bits per heavy atom. The summed E-state index contributed by atoms with van der Waals surface area (Å²) in [5, 5.41) is 0. The Morgan fingerprint density at radius 3 is 1.86 bits per heavy atom. The first-order valence-corrected chi connectivity index (χ1v) is 5.37. The number of amides is 1. The van der Waals surface area contributed by atoms with Crippen LogP contribution in [0.15, 0.2) is 0 Å². The van der Waals surface area contributed by atoms with E-state index in [1.807, 2.05) is 14.1 Å². The maximum absolute atomic E-state index is 12.0. The number of hydrogen-bond donors (Lipinski definition) is 0. The molecule has 0 N–H and O–H groups in total. The predicted octanol–water partition coefficient (Wildman–Crippen LogP) is 2.78. The Kier molecular flexibility index (Phi) is 4.63. The van der Waals surface area contributed by atoms with E-state index in [1.165, 1.54) is 0 Å². The molecule has 0 rings (SSSR count). The monoisotopic (exact) mass is 199 g/mol. The van der Waals surface area contributed by atoms with Gasteiger partial charge in [-0.3, -0.25) is 4.79 Å². The minimum atomic E-state index is 0.0611. The third-order valence-corrected chi connectivity index (χ3v) is 2.49.